The maximum Gasteiger partial charge on any atom is 0.298 e. The van der Waals surface area contributed by atoms with Crippen LogP contribution in [0.3, 0.4) is 0 Å². The molecule has 1 amide bonds. The summed E-state index contributed by atoms with van der Waals surface area (Å²) in [5.74, 6) is -1.07. The lowest BCUT2D eigenvalue weighted by molar-refractivity contribution is 0.0684. The van der Waals surface area contributed by atoms with Gasteiger partial charge in [-0.25, -0.2) is 18.2 Å². The monoisotopic (exact) mass is 369 g/mol. The maximum absolute atomic E-state index is 13.4. The van der Waals surface area contributed by atoms with E-state index in [1.54, 1.807) is 11.2 Å². The van der Waals surface area contributed by atoms with Crippen LogP contribution in [0.5, 0.6) is 0 Å². The normalized spacial score (nSPS) is 18.5. The van der Waals surface area contributed by atoms with Crippen LogP contribution in [0.15, 0.2) is 10.7 Å². The first kappa shape index (κ1) is 16.9. The van der Waals surface area contributed by atoms with Gasteiger partial charge in [-0.3, -0.25) is 4.79 Å². The standard InChI is InChI=1S/C16H18F3N5O2/c17-9-1-4-23(5-2-9)16-22-12(14(18)19)13(26-16)15(25)24-6-3-10-11(7-24)21-8-20-10/h8-9,14H,1-7H2,(H,20,21). The van der Waals surface area contributed by atoms with Crippen molar-refractivity contribution in [3.05, 3.63) is 29.2 Å². The summed E-state index contributed by atoms with van der Waals surface area (Å²) in [7, 11) is 0. The van der Waals surface area contributed by atoms with E-state index in [2.05, 4.69) is 15.0 Å². The molecule has 0 spiro atoms. The van der Waals surface area contributed by atoms with Gasteiger partial charge in [0.05, 0.1) is 24.3 Å². The van der Waals surface area contributed by atoms with Crippen molar-refractivity contribution >= 4 is 11.9 Å². The number of nitrogens with zero attached hydrogens (tertiary/aromatic N) is 4. The molecule has 2 aliphatic heterocycles. The van der Waals surface area contributed by atoms with Crippen LogP contribution in [-0.2, 0) is 13.0 Å². The number of piperidine rings is 1. The number of fused-ring (bicyclic) bond motifs is 1. The summed E-state index contributed by atoms with van der Waals surface area (Å²) < 4.78 is 45.5. The molecule has 1 saturated heterocycles. The van der Waals surface area contributed by atoms with Gasteiger partial charge in [-0.15, -0.1) is 0 Å². The summed E-state index contributed by atoms with van der Waals surface area (Å²) in [5.41, 5.74) is 0.992. The summed E-state index contributed by atoms with van der Waals surface area (Å²) in [4.78, 5) is 26.7. The Balaban J connectivity index is 1.58. The van der Waals surface area contributed by atoms with Crippen LogP contribution >= 0.6 is 0 Å². The van der Waals surface area contributed by atoms with Gasteiger partial charge in [0.2, 0.25) is 5.76 Å². The highest BCUT2D eigenvalue weighted by atomic mass is 19.3. The molecule has 2 aromatic rings. The van der Waals surface area contributed by atoms with Gasteiger partial charge in [0.15, 0.2) is 5.69 Å². The van der Waals surface area contributed by atoms with Crippen LogP contribution in [0.1, 0.15) is 46.9 Å². The molecule has 2 aromatic heterocycles. The van der Waals surface area contributed by atoms with Crippen molar-refractivity contribution in [2.24, 2.45) is 0 Å². The highest BCUT2D eigenvalue weighted by molar-refractivity contribution is 5.93. The number of hydrogen-bond donors (Lipinski definition) is 1. The number of imidazole rings is 1. The summed E-state index contributed by atoms with van der Waals surface area (Å²) in [6.45, 7) is 1.25. The Morgan fingerprint density at radius 1 is 1.31 bits per heavy atom. The number of anilines is 1. The first-order chi connectivity index (χ1) is 12.5. The zero-order chi connectivity index (χ0) is 18.3. The molecular weight excluding hydrogens is 351 g/mol. The Kier molecular flexibility index (Phi) is 4.33. The molecule has 0 atom stereocenters. The molecular formula is C16H18F3N5O2. The predicted octanol–water partition coefficient (Wildman–Crippen LogP) is 2.47. The van der Waals surface area contributed by atoms with Gasteiger partial charge >= 0.3 is 0 Å². The van der Waals surface area contributed by atoms with Crippen molar-refractivity contribution in [3.63, 3.8) is 0 Å². The van der Waals surface area contributed by atoms with Crippen LogP contribution in [0.2, 0.25) is 0 Å². The van der Waals surface area contributed by atoms with E-state index in [9.17, 15) is 18.0 Å². The van der Waals surface area contributed by atoms with Crippen molar-refractivity contribution < 1.29 is 22.4 Å². The van der Waals surface area contributed by atoms with Crippen LogP contribution in [0, 0.1) is 0 Å². The Morgan fingerprint density at radius 3 is 2.81 bits per heavy atom. The first-order valence-electron chi connectivity index (χ1n) is 8.51. The minimum absolute atomic E-state index is 0.0465. The third kappa shape index (κ3) is 3.04. The number of rotatable bonds is 3. The van der Waals surface area contributed by atoms with Gasteiger partial charge < -0.3 is 19.2 Å². The molecule has 7 nitrogen and oxygen atoms in total. The molecule has 0 radical (unpaired) electrons. The van der Waals surface area contributed by atoms with Gasteiger partial charge in [0.25, 0.3) is 18.3 Å². The topological polar surface area (TPSA) is 78.3 Å². The summed E-state index contributed by atoms with van der Waals surface area (Å²) in [6, 6.07) is -0.0465. The fourth-order valence-corrected chi connectivity index (χ4v) is 3.33. The van der Waals surface area contributed by atoms with E-state index in [1.807, 2.05) is 0 Å². The molecule has 140 valence electrons. The molecule has 0 aliphatic carbocycles. The number of halogens is 3. The molecule has 0 unspecified atom stereocenters. The maximum atomic E-state index is 13.4. The molecule has 0 saturated carbocycles. The van der Waals surface area contributed by atoms with Crippen molar-refractivity contribution in [2.75, 3.05) is 24.5 Å². The summed E-state index contributed by atoms with van der Waals surface area (Å²) in [6.07, 6.45) is -1.19. The summed E-state index contributed by atoms with van der Waals surface area (Å²) in [5, 5.41) is 0. The van der Waals surface area contributed by atoms with Gasteiger partial charge in [-0.1, -0.05) is 0 Å². The summed E-state index contributed by atoms with van der Waals surface area (Å²) >= 11 is 0. The number of oxazole rings is 1. The third-order valence-electron chi connectivity index (χ3n) is 4.80. The van der Waals surface area contributed by atoms with Crippen molar-refractivity contribution in [3.8, 4) is 0 Å². The Hall–Kier alpha value is -2.52. The first-order valence-corrected chi connectivity index (χ1v) is 8.51. The van der Waals surface area contributed by atoms with Gasteiger partial charge in [-0.05, 0) is 12.8 Å². The van der Waals surface area contributed by atoms with Gasteiger partial charge in [-0.2, -0.15) is 4.98 Å². The number of carbonyl (C=O) groups excluding carboxylic acids is 1. The van der Waals surface area contributed by atoms with Crippen LogP contribution in [-0.4, -0.2) is 51.6 Å². The van der Waals surface area contributed by atoms with E-state index >= 15 is 0 Å². The SMILES string of the molecule is O=C(c1oc(N2CCC(F)CC2)nc1C(F)F)N1CCc2nc[nH]c2C1. The second-order valence-corrected chi connectivity index (χ2v) is 6.48. The smallest absolute Gasteiger partial charge is 0.298 e. The Bertz CT molecular complexity index is 798. The number of amides is 1. The van der Waals surface area contributed by atoms with Gasteiger partial charge in [0.1, 0.15) is 6.17 Å². The molecule has 1 fully saturated rings. The average molecular weight is 369 g/mol. The Labute approximate surface area is 147 Å². The minimum Gasteiger partial charge on any atom is -0.418 e. The van der Waals surface area contributed by atoms with Crippen LogP contribution < -0.4 is 4.90 Å². The van der Waals surface area contributed by atoms with Crippen LogP contribution in [0.25, 0.3) is 0 Å². The average Bonchev–Trinajstić information content (AvgIpc) is 3.28. The molecule has 0 bridgehead atoms. The lowest BCUT2D eigenvalue weighted by Gasteiger charge is -2.27. The highest BCUT2D eigenvalue weighted by Gasteiger charge is 2.33. The minimum atomic E-state index is -2.93. The van der Waals surface area contributed by atoms with Crippen molar-refractivity contribution in [2.45, 2.75) is 38.4 Å². The zero-order valence-corrected chi connectivity index (χ0v) is 13.9. The second kappa shape index (κ2) is 6.65. The molecule has 4 heterocycles. The van der Waals surface area contributed by atoms with E-state index < -0.39 is 30.0 Å². The van der Waals surface area contributed by atoms with E-state index in [0.717, 1.165) is 11.4 Å². The Morgan fingerprint density at radius 2 is 2.08 bits per heavy atom. The lowest BCUT2D eigenvalue weighted by Crippen LogP contribution is -2.36. The molecule has 10 heteroatoms. The molecule has 0 aromatic carbocycles. The third-order valence-corrected chi connectivity index (χ3v) is 4.80. The lowest BCUT2D eigenvalue weighted by atomic mass is 10.1. The van der Waals surface area contributed by atoms with Crippen molar-refractivity contribution in [1.29, 1.82) is 0 Å². The van der Waals surface area contributed by atoms with Crippen molar-refractivity contribution in [1.82, 2.24) is 19.9 Å². The highest BCUT2D eigenvalue weighted by Crippen LogP contribution is 2.30. The molecule has 26 heavy (non-hydrogen) atoms. The molecule has 4 rings (SSSR count). The van der Waals surface area contributed by atoms with E-state index in [1.165, 1.54) is 4.90 Å². The predicted molar refractivity (Wildman–Crippen MR) is 84.8 cm³/mol. The number of carbonyl (C=O) groups is 1. The quantitative estimate of drug-likeness (QED) is 0.899. The largest absolute Gasteiger partial charge is 0.418 e. The van der Waals surface area contributed by atoms with Gasteiger partial charge in [0, 0.05) is 26.1 Å². The zero-order valence-electron chi connectivity index (χ0n) is 13.9. The number of aromatic nitrogens is 3. The number of hydrogen-bond acceptors (Lipinski definition) is 5. The fourth-order valence-electron chi connectivity index (χ4n) is 3.33. The number of alkyl halides is 3. The number of nitrogens with one attached hydrogen (secondary N) is 1. The molecule has 1 N–H and O–H groups in total. The fraction of sp³-hybridized carbons (Fsp3) is 0.562. The number of H-pyrrole nitrogens is 1. The molecule has 2 aliphatic rings. The second-order valence-electron chi connectivity index (χ2n) is 6.48. The van der Waals surface area contributed by atoms with E-state index in [-0.39, 0.29) is 25.4 Å². The van der Waals surface area contributed by atoms with E-state index in [0.29, 0.717) is 26.1 Å². The van der Waals surface area contributed by atoms with Crippen LogP contribution in [0.4, 0.5) is 19.2 Å². The number of aromatic amines is 1. The van der Waals surface area contributed by atoms with E-state index in [4.69, 9.17) is 4.42 Å².